The third kappa shape index (κ3) is 7.10. The standard InChI is InChI=1S/C40H44N6O2/c1-3-19-45(20-4-1)23-25-47-33-13-7-29(8-14-33)39-41-35-17-11-31(27-37(35)43-39)32-12-18-36-38(28-32)44-40(42-36)30-9-15-34(16-10-30)48-26-24-46-21-5-2-6-22-46/h7-18,27-28H,1-6,19-26H2,(H,41,43)(H,42,44). The molecule has 8 heteroatoms. The van der Waals surface area contributed by atoms with Crippen molar-refractivity contribution >= 4 is 22.1 Å². The first-order valence-corrected chi connectivity index (χ1v) is 17.6. The van der Waals surface area contributed by atoms with Crippen LogP contribution < -0.4 is 9.47 Å². The van der Waals surface area contributed by atoms with Crippen LogP contribution in [0.1, 0.15) is 38.5 Å². The normalized spacial score (nSPS) is 16.1. The summed E-state index contributed by atoms with van der Waals surface area (Å²) in [5, 5.41) is 0. The quantitative estimate of drug-likeness (QED) is 0.149. The molecule has 2 N–H and O–H groups in total. The molecule has 0 saturated carbocycles. The zero-order valence-corrected chi connectivity index (χ0v) is 27.6. The number of imidazole rings is 2. The Bertz CT molecular complexity index is 1810. The summed E-state index contributed by atoms with van der Waals surface area (Å²) >= 11 is 0. The van der Waals surface area contributed by atoms with Crippen molar-refractivity contribution < 1.29 is 9.47 Å². The molecule has 0 radical (unpaired) electrons. The summed E-state index contributed by atoms with van der Waals surface area (Å²) in [4.78, 5) is 21.9. The molecule has 0 aliphatic carbocycles. The van der Waals surface area contributed by atoms with Gasteiger partial charge in [-0.15, -0.1) is 0 Å². The lowest BCUT2D eigenvalue weighted by Crippen LogP contribution is -2.33. The number of aromatic amines is 2. The van der Waals surface area contributed by atoms with Crippen LogP contribution in [0.3, 0.4) is 0 Å². The van der Waals surface area contributed by atoms with Crippen LogP contribution in [-0.4, -0.2) is 82.2 Å². The van der Waals surface area contributed by atoms with Crippen LogP contribution in [0.25, 0.3) is 56.0 Å². The maximum atomic E-state index is 6.03. The van der Waals surface area contributed by atoms with Crippen molar-refractivity contribution in [3.63, 3.8) is 0 Å². The van der Waals surface area contributed by atoms with Crippen LogP contribution in [0, 0.1) is 0 Å². The van der Waals surface area contributed by atoms with Gasteiger partial charge in [-0.05, 0) is 136 Å². The van der Waals surface area contributed by atoms with E-state index in [1.807, 2.05) is 24.3 Å². The van der Waals surface area contributed by atoms with Gasteiger partial charge < -0.3 is 19.4 Å². The number of benzene rings is 4. The molecule has 4 heterocycles. The lowest BCUT2D eigenvalue weighted by atomic mass is 10.0. The largest absolute Gasteiger partial charge is 0.492 e. The van der Waals surface area contributed by atoms with Crippen molar-refractivity contribution in [2.24, 2.45) is 0 Å². The molecule has 48 heavy (non-hydrogen) atoms. The van der Waals surface area contributed by atoms with Gasteiger partial charge in [-0.2, -0.15) is 0 Å². The van der Waals surface area contributed by atoms with Gasteiger partial charge in [0, 0.05) is 24.2 Å². The minimum Gasteiger partial charge on any atom is -0.492 e. The molecule has 4 aromatic carbocycles. The number of likely N-dealkylation sites (tertiary alicyclic amines) is 2. The number of aromatic nitrogens is 4. The Morgan fingerprint density at radius 3 is 1.29 bits per heavy atom. The third-order valence-corrected chi connectivity index (χ3v) is 9.80. The summed E-state index contributed by atoms with van der Waals surface area (Å²) in [7, 11) is 0. The molecule has 0 atom stereocenters. The van der Waals surface area contributed by atoms with Gasteiger partial charge in [-0.3, -0.25) is 9.80 Å². The topological polar surface area (TPSA) is 82.3 Å². The molecule has 246 valence electrons. The molecule has 0 bridgehead atoms. The molecule has 2 saturated heterocycles. The van der Waals surface area contributed by atoms with E-state index in [-0.39, 0.29) is 0 Å². The van der Waals surface area contributed by atoms with E-state index >= 15 is 0 Å². The number of hydrogen-bond donors (Lipinski definition) is 2. The summed E-state index contributed by atoms with van der Waals surface area (Å²) in [6.07, 6.45) is 7.93. The fraction of sp³-hybridized carbons (Fsp3) is 0.350. The Morgan fingerprint density at radius 1 is 0.479 bits per heavy atom. The first-order valence-electron chi connectivity index (χ1n) is 17.6. The van der Waals surface area contributed by atoms with Gasteiger partial charge in [0.05, 0.1) is 22.1 Å². The number of nitrogens with one attached hydrogen (secondary N) is 2. The van der Waals surface area contributed by atoms with E-state index < -0.39 is 0 Å². The SMILES string of the molecule is c1cc(-c2nc3cc(-c4ccc5[nH]c(-c6ccc(OCCN7CCCCC7)cc6)nc5c4)ccc3[nH]2)ccc1OCCN1CCCCC1. The van der Waals surface area contributed by atoms with Crippen molar-refractivity contribution in [2.45, 2.75) is 38.5 Å². The van der Waals surface area contributed by atoms with E-state index in [2.05, 4.69) is 80.4 Å². The van der Waals surface area contributed by atoms with Crippen LogP contribution >= 0.6 is 0 Å². The number of H-pyrrole nitrogens is 2. The third-order valence-electron chi connectivity index (χ3n) is 9.80. The number of fused-ring (bicyclic) bond motifs is 2. The van der Waals surface area contributed by atoms with Crippen molar-refractivity contribution in [1.29, 1.82) is 0 Å². The van der Waals surface area contributed by atoms with Crippen molar-refractivity contribution in [1.82, 2.24) is 29.7 Å². The van der Waals surface area contributed by atoms with Crippen LogP contribution in [0.15, 0.2) is 84.9 Å². The minimum atomic E-state index is 0.722. The summed E-state index contributed by atoms with van der Waals surface area (Å²) < 4.78 is 12.1. The van der Waals surface area contributed by atoms with E-state index in [1.165, 1.54) is 64.7 Å². The Labute approximate surface area is 282 Å². The second kappa shape index (κ2) is 14.2. The molecular weight excluding hydrogens is 596 g/mol. The molecule has 8 rings (SSSR count). The highest BCUT2D eigenvalue weighted by molar-refractivity contribution is 5.88. The van der Waals surface area contributed by atoms with Gasteiger partial charge in [0.15, 0.2) is 0 Å². The van der Waals surface area contributed by atoms with E-state index in [1.54, 1.807) is 0 Å². The highest BCUT2D eigenvalue weighted by Gasteiger charge is 2.13. The Balaban J connectivity index is 0.913. The maximum absolute atomic E-state index is 6.03. The van der Waals surface area contributed by atoms with Gasteiger partial charge in [0.2, 0.25) is 0 Å². The van der Waals surface area contributed by atoms with Crippen molar-refractivity contribution in [3.05, 3.63) is 84.9 Å². The summed E-state index contributed by atoms with van der Waals surface area (Å²) in [5.41, 5.74) is 8.19. The van der Waals surface area contributed by atoms with Crippen LogP contribution in [0.4, 0.5) is 0 Å². The Morgan fingerprint density at radius 2 is 0.875 bits per heavy atom. The maximum Gasteiger partial charge on any atom is 0.138 e. The second-order valence-corrected chi connectivity index (χ2v) is 13.2. The summed E-state index contributed by atoms with van der Waals surface area (Å²) in [6, 6.07) is 29.3. The second-order valence-electron chi connectivity index (χ2n) is 13.2. The first kappa shape index (κ1) is 30.7. The fourth-order valence-electron chi connectivity index (χ4n) is 7.01. The fourth-order valence-corrected chi connectivity index (χ4v) is 7.01. The summed E-state index contributed by atoms with van der Waals surface area (Å²) in [5.74, 6) is 3.51. The van der Waals surface area contributed by atoms with E-state index in [4.69, 9.17) is 19.4 Å². The Hall–Kier alpha value is -4.66. The predicted octanol–water partition coefficient (Wildman–Crippen LogP) is 8.17. The van der Waals surface area contributed by atoms with Crippen molar-refractivity contribution in [3.8, 4) is 45.4 Å². The number of hydrogen-bond acceptors (Lipinski definition) is 6. The van der Waals surface area contributed by atoms with Gasteiger partial charge in [-0.25, -0.2) is 9.97 Å². The Kier molecular flexibility index (Phi) is 9.08. The highest BCUT2D eigenvalue weighted by atomic mass is 16.5. The molecule has 0 amide bonds. The van der Waals surface area contributed by atoms with Crippen molar-refractivity contribution in [2.75, 3.05) is 52.5 Å². The smallest absolute Gasteiger partial charge is 0.138 e. The molecule has 8 nitrogen and oxygen atoms in total. The van der Waals surface area contributed by atoms with Gasteiger partial charge >= 0.3 is 0 Å². The average molecular weight is 641 g/mol. The lowest BCUT2D eigenvalue weighted by molar-refractivity contribution is 0.183. The average Bonchev–Trinajstić information content (AvgIpc) is 3.77. The molecule has 0 unspecified atom stereocenters. The van der Waals surface area contributed by atoms with Gasteiger partial charge in [-0.1, -0.05) is 25.0 Å². The first-order chi connectivity index (χ1) is 23.7. The summed E-state index contributed by atoms with van der Waals surface area (Å²) in [6.45, 7) is 8.20. The van der Waals surface area contributed by atoms with Crippen LogP contribution in [0.2, 0.25) is 0 Å². The van der Waals surface area contributed by atoms with Crippen LogP contribution in [0.5, 0.6) is 11.5 Å². The number of nitrogens with zero attached hydrogens (tertiary/aromatic N) is 4. The van der Waals surface area contributed by atoms with Gasteiger partial charge in [0.1, 0.15) is 36.4 Å². The van der Waals surface area contributed by atoms with E-state index in [9.17, 15) is 0 Å². The lowest BCUT2D eigenvalue weighted by Gasteiger charge is -2.26. The molecular formula is C40H44N6O2. The van der Waals surface area contributed by atoms with Crippen LogP contribution in [-0.2, 0) is 0 Å². The van der Waals surface area contributed by atoms with E-state index in [0.29, 0.717) is 0 Å². The van der Waals surface area contributed by atoms with Gasteiger partial charge in [0.25, 0.3) is 0 Å². The molecule has 2 aliphatic rings. The highest BCUT2D eigenvalue weighted by Crippen LogP contribution is 2.30. The molecule has 2 aliphatic heterocycles. The molecule has 0 spiro atoms. The molecule has 2 aromatic heterocycles. The van der Waals surface area contributed by atoms with E-state index in [0.717, 1.165) is 93.8 Å². The molecule has 6 aromatic rings. The monoisotopic (exact) mass is 640 g/mol. The number of ether oxygens (including phenoxy) is 2. The molecule has 2 fully saturated rings. The predicted molar refractivity (Wildman–Crippen MR) is 194 cm³/mol. The zero-order chi connectivity index (χ0) is 32.1. The zero-order valence-electron chi connectivity index (χ0n) is 27.6. The number of piperidine rings is 2. The minimum absolute atomic E-state index is 0.722. The number of rotatable bonds is 11.